The molecule has 2 rings (SSSR count). The van der Waals surface area contributed by atoms with E-state index < -0.39 is 5.97 Å². The maximum Gasteiger partial charge on any atom is 0.339 e. The Balaban J connectivity index is 2.13. The van der Waals surface area contributed by atoms with Crippen LogP contribution in [0.15, 0.2) is 36.8 Å². The van der Waals surface area contributed by atoms with Crippen molar-refractivity contribution in [3.05, 3.63) is 53.1 Å². The molecule has 1 N–H and O–H groups in total. The number of halogens is 1. The summed E-state index contributed by atoms with van der Waals surface area (Å²) >= 11 is 5.81. The summed E-state index contributed by atoms with van der Waals surface area (Å²) in [6, 6.07) is 6.84. The average Bonchev–Trinajstić information content (AvgIpc) is 2.37. The van der Waals surface area contributed by atoms with Crippen molar-refractivity contribution in [2.75, 3.05) is 0 Å². The first-order chi connectivity index (χ1) is 8.66. The van der Waals surface area contributed by atoms with E-state index in [0.29, 0.717) is 16.5 Å². The lowest BCUT2D eigenvalue weighted by molar-refractivity contribution is 0.0692. The van der Waals surface area contributed by atoms with E-state index in [9.17, 15) is 4.79 Å². The summed E-state index contributed by atoms with van der Waals surface area (Å²) in [6.07, 6.45) is 2.52. The van der Waals surface area contributed by atoms with Crippen LogP contribution in [0.4, 0.5) is 0 Å². The highest BCUT2D eigenvalue weighted by Gasteiger charge is 2.11. The predicted molar refractivity (Wildman–Crippen MR) is 64.8 cm³/mol. The second-order valence-electron chi connectivity index (χ2n) is 3.43. The fourth-order valence-electron chi connectivity index (χ4n) is 1.36. The molecule has 2 aromatic rings. The van der Waals surface area contributed by atoms with Gasteiger partial charge in [0.15, 0.2) is 0 Å². The molecular weight excluding hydrogens is 256 g/mol. The van der Waals surface area contributed by atoms with Crippen molar-refractivity contribution in [3.8, 4) is 5.75 Å². The quantitative estimate of drug-likeness (QED) is 0.918. The van der Waals surface area contributed by atoms with Crippen LogP contribution in [0.5, 0.6) is 5.75 Å². The van der Waals surface area contributed by atoms with Gasteiger partial charge in [-0.05, 0) is 18.2 Å². The van der Waals surface area contributed by atoms with Crippen molar-refractivity contribution >= 4 is 17.6 Å². The SMILES string of the molecule is O=C(O)c1cncnc1COc1cccc(Cl)c1. The van der Waals surface area contributed by atoms with Gasteiger partial charge in [-0.15, -0.1) is 0 Å². The number of hydrogen-bond donors (Lipinski definition) is 1. The van der Waals surface area contributed by atoms with Crippen molar-refractivity contribution in [1.29, 1.82) is 0 Å². The summed E-state index contributed by atoms with van der Waals surface area (Å²) in [5, 5.41) is 9.50. The van der Waals surface area contributed by atoms with Crippen molar-refractivity contribution in [2.24, 2.45) is 0 Å². The van der Waals surface area contributed by atoms with E-state index in [0.717, 1.165) is 0 Å². The summed E-state index contributed by atoms with van der Waals surface area (Å²) in [5.41, 5.74) is 0.344. The van der Waals surface area contributed by atoms with E-state index in [1.807, 2.05) is 0 Å². The van der Waals surface area contributed by atoms with Gasteiger partial charge in [0.1, 0.15) is 24.2 Å². The first-order valence-electron chi connectivity index (χ1n) is 5.07. The predicted octanol–water partition coefficient (Wildman–Crippen LogP) is 2.41. The fourth-order valence-corrected chi connectivity index (χ4v) is 1.54. The lowest BCUT2D eigenvalue weighted by Crippen LogP contribution is -2.08. The van der Waals surface area contributed by atoms with Gasteiger partial charge in [0.25, 0.3) is 0 Å². The van der Waals surface area contributed by atoms with E-state index in [2.05, 4.69) is 9.97 Å². The molecule has 5 nitrogen and oxygen atoms in total. The molecule has 0 saturated heterocycles. The first-order valence-corrected chi connectivity index (χ1v) is 5.45. The molecule has 18 heavy (non-hydrogen) atoms. The molecule has 92 valence electrons. The molecule has 0 bridgehead atoms. The summed E-state index contributed by atoms with van der Waals surface area (Å²) in [4.78, 5) is 18.5. The third-order valence-corrected chi connectivity index (χ3v) is 2.43. The molecule has 1 heterocycles. The summed E-state index contributed by atoms with van der Waals surface area (Å²) in [7, 11) is 0. The minimum atomic E-state index is -1.08. The Hall–Kier alpha value is -2.14. The van der Waals surface area contributed by atoms with Gasteiger partial charge in [-0.1, -0.05) is 17.7 Å². The monoisotopic (exact) mass is 264 g/mol. The van der Waals surface area contributed by atoms with Gasteiger partial charge in [-0.25, -0.2) is 14.8 Å². The zero-order chi connectivity index (χ0) is 13.0. The molecule has 1 aromatic heterocycles. The highest BCUT2D eigenvalue weighted by molar-refractivity contribution is 6.30. The smallest absolute Gasteiger partial charge is 0.339 e. The van der Waals surface area contributed by atoms with Crippen LogP contribution >= 0.6 is 11.6 Å². The van der Waals surface area contributed by atoms with E-state index in [1.54, 1.807) is 24.3 Å². The molecule has 0 saturated carbocycles. The van der Waals surface area contributed by atoms with Crippen LogP contribution in [0, 0.1) is 0 Å². The van der Waals surface area contributed by atoms with E-state index in [4.69, 9.17) is 21.4 Å². The third kappa shape index (κ3) is 2.95. The van der Waals surface area contributed by atoms with E-state index in [1.165, 1.54) is 12.5 Å². The molecule has 0 radical (unpaired) electrons. The Labute approximate surface area is 108 Å². The third-order valence-electron chi connectivity index (χ3n) is 2.20. The molecule has 0 amide bonds. The second kappa shape index (κ2) is 5.46. The molecule has 0 atom stereocenters. The minimum absolute atomic E-state index is 0.0273. The lowest BCUT2D eigenvalue weighted by Gasteiger charge is -2.07. The zero-order valence-corrected chi connectivity index (χ0v) is 9.96. The number of ether oxygens (including phenoxy) is 1. The van der Waals surface area contributed by atoms with E-state index in [-0.39, 0.29) is 12.2 Å². The summed E-state index contributed by atoms with van der Waals surface area (Å²) in [5.74, 6) is -0.530. The maximum atomic E-state index is 10.9. The van der Waals surface area contributed by atoms with Crippen molar-refractivity contribution < 1.29 is 14.6 Å². The zero-order valence-electron chi connectivity index (χ0n) is 9.21. The molecule has 0 aliphatic rings. The molecule has 0 aliphatic heterocycles. The number of aromatic carboxylic acids is 1. The lowest BCUT2D eigenvalue weighted by atomic mass is 10.2. The number of benzene rings is 1. The number of hydrogen-bond acceptors (Lipinski definition) is 4. The molecular formula is C12H9ClN2O3. The Morgan fingerprint density at radius 3 is 3.00 bits per heavy atom. The molecule has 0 aliphatic carbocycles. The second-order valence-corrected chi connectivity index (χ2v) is 3.87. The Morgan fingerprint density at radius 2 is 2.28 bits per heavy atom. The maximum absolute atomic E-state index is 10.9. The molecule has 6 heteroatoms. The van der Waals surface area contributed by atoms with Gasteiger partial charge in [0, 0.05) is 11.2 Å². The van der Waals surface area contributed by atoms with Crippen LogP contribution in [0.3, 0.4) is 0 Å². The van der Waals surface area contributed by atoms with E-state index >= 15 is 0 Å². The Kier molecular flexibility index (Phi) is 3.74. The van der Waals surface area contributed by atoms with Crippen LogP contribution < -0.4 is 4.74 Å². The molecule has 0 unspecified atom stereocenters. The van der Waals surface area contributed by atoms with Crippen molar-refractivity contribution in [1.82, 2.24) is 9.97 Å². The minimum Gasteiger partial charge on any atom is -0.487 e. The number of carboxylic acids is 1. The van der Waals surface area contributed by atoms with Crippen LogP contribution in [0.2, 0.25) is 5.02 Å². The Bertz CT molecular complexity index is 575. The number of carboxylic acid groups (broad SMARTS) is 1. The van der Waals surface area contributed by atoms with Gasteiger partial charge in [0.05, 0.1) is 5.69 Å². The largest absolute Gasteiger partial charge is 0.487 e. The standard InChI is InChI=1S/C12H9ClN2O3/c13-8-2-1-3-9(4-8)18-6-11-10(12(16)17)5-14-7-15-11/h1-5,7H,6H2,(H,16,17). The Morgan fingerprint density at radius 1 is 1.44 bits per heavy atom. The number of carbonyl (C=O) groups is 1. The van der Waals surface area contributed by atoms with Gasteiger partial charge < -0.3 is 9.84 Å². The van der Waals surface area contributed by atoms with Crippen molar-refractivity contribution in [3.63, 3.8) is 0 Å². The van der Waals surface area contributed by atoms with Crippen LogP contribution in [-0.4, -0.2) is 21.0 Å². The topological polar surface area (TPSA) is 72.3 Å². The number of rotatable bonds is 4. The normalized spacial score (nSPS) is 10.1. The highest BCUT2D eigenvalue weighted by atomic mass is 35.5. The average molecular weight is 265 g/mol. The number of nitrogens with zero attached hydrogens (tertiary/aromatic N) is 2. The fraction of sp³-hybridized carbons (Fsp3) is 0.0833. The van der Waals surface area contributed by atoms with Gasteiger partial charge >= 0.3 is 5.97 Å². The number of aromatic nitrogens is 2. The van der Waals surface area contributed by atoms with Gasteiger partial charge in [-0.2, -0.15) is 0 Å². The summed E-state index contributed by atoms with van der Waals surface area (Å²) < 4.78 is 5.43. The first kappa shape index (κ1) is 12.3. The summed E-state index contributed by atoms with van der Waals surface area (Å²) in [6.45, 7) is 0.0461. The molecule has 0 spiro atoms. The molecule has 0 fully saturated rings. The van der Waals surface area contributed by atoms with Gasteiger partial charge in [0.2, 0.25) is 0 Å². The molecule has 1 aromatic carbocycles. The highest BCUT2D eigenvalue weighted by Crippen LogP contribution is 2.18. The van der Waals surface area contributed by atoms with Gasteiger partial charge in [-0.3, -0.25) is 0 Å². The van der Waals surface area contributed by atoms with Crippen molar-refractivity contribution in [2.45, 2.75) is 6.61 Å². The van der Waals surface area contributed by atoms with Crippen LogP contribution in [-0.2, 0) is 6.61 Å². The van der Waals surface area contributed by atoms with Crippen LogP contribution in [0.25, 0.3) is 0 Å². The van der Waals surface area contributed by atoms with Crippen LogP contribution in [0.1, 0.15) is 16.1 Å².